The lowest BCUT2D eigenvalue weighted by Crippen LogP contribution is -2.07. The average Bonchev–Trinajstić information content (AvgIpc) is 2.94. The zero-order chi connectivity index (χ0) is 17.1. The minimum Gasteiger partial charge on any atom is -0.496 e. The Morgan fingerprint density at radius 3 is 2.71 bits per heavy atom. The molecule has 0 spiro atoms. The molecule has 1 heterocycles. The van der Waals surface area contributed by atoms with Crippen LogP contribution >= 0.6 is 11.3 Å². The number of carbonyl (C=O) groups excluding carboxylic acids is 1. The Balaban J connectivity index is 1.76. The fraction of sp³-hybridized carbons (Fsp3) is 0.158. The molecule has 0 bridgehead atoms. The second-order valence-corrected chi connectivity index (χ2v) is 6.59. The van der Waals surface area contributed by atoms with E-state index in [1.54, 1.807) is 13.2 Å². The average molecular weight is 338 g/mol. The molecule has 3 rings (SSSR count). The molecule has 0 unspecified atom stereocenters. The van der Waals surface area contributed by atoms with E-state index in [-0.39, 0.29) is 5.91 Å². The van der Waals surface area contributed by atoms with Crippen molar-refractivity contribution in [3.8, 4) is 5.75 Å². The van der Waals surface area contributed by atoms with E-state index in [1.807, 2.05) is 44.2 Å². The van der Waals surface area contributed by atoms with Crippen LogP contribution in [0.5, 0.6) is 5.75 Å². The highest BCUT2D eigenvalue weighted by Gasteiger charge is 2.06. The first kappa shape index (κ1) is 16.2. The predicted molar refractivity (Wildman–Crippen MR) is 99.8 cm³/mol. The molecular weight excluding hydrogens is 320 g/mol. The lowest BCUT2D eigenvalue weighted by atomic mass is 10.1. The van der Waals surface area contributed by atoms with Gasteiger partial charge < -0.3 is 4.74 Å². The minimum absolute atomic E-state index is 0.214. The van der Waals surface area contributed by atoms with Crippen molar-refractivity contribution in [2.45, 2.75) is 13.8 Å². The Labute approximate surface area is 144 Å². The lowest BCUT2D eigenvalue weighted by molar-refractivity contribution is -0.111. The van der Waals surface area contributed by atoms with Crippen molar-refractivity contribution in [3.63, 3.8) is 0 Å². The van der Waals surface area contributed by atoms with Crippen LogP contribution in [0.25, 0.3) is 16.3 Å². The van der Waals surface area contributed by atoms with Gasteiger partial charge in [-0.25, -0.2) is 4.98 Å². The maximum absolute atomic E-state index is 12.1. The van der Waals surface area contributed by atoms with Crippen LogP contribution in [0.15, 0.2) is 42.5 Å². The van der Waals surface area contributed by atoms with Crippen molar-refractivity contribution in [1.29, 1.82) is 0 Å². The summed E-state index contributed by atoms with van der Waals surface area (Å²) >= 11 is 1.47. The Hall–Kier alpha value is -2.66. The maximum Gasteiger partial charge on any atom is 0.250 e. The number of amides is 1. The summed E-state index contributed by atoms with van der Waals surface area (Å²) in [6.45, 7) is 4.04. The van der Waals surface area contributed by atoms with Gasteiger partial charge in [0.05, 0.1) is 17.3 Å². The molecule has 24 heavy (non-hydrogen) atoms. The second kappa shape index (κ2) is 6.84. The molecule has 1 amide bonds. The van der Waals surface area contributed by atoms with Gasteiger partial charge in [0.15, 0.2) is 5.13 Å². The van der Waals surface area contributed by atoms with Gasteiger partial charge in [-0.1, -0.05) is 29.0 Å². The highest BCUT2D eigenvalue weighted by atomic mass is 32.1. The van der Waals surface area contributed by atoms with Crippen molar-refractivity contribution >= 4 is 38.7 Å². The van der Waals surface area contributed by atoms with Crippen LogP contribution in [0.2, 0.25) is 0 Å². The van der Waals surface area contributed by atoms with Crippen LogP contribution in [0.4, 0.5) is 5.13 Å². The second-order valence-electron chi connectivity index (χ2n) is 5.56. The third kappa shape index (κ3) is 3.63. The number of thiazole rings is 1. The third-order valence-electron chi connectivity index (χ3n) is 3.57. The number of aryl methyl sites for hydroxylation is 2. The van der Waals surface area contributed by atoms with Crippen molar-refractivity contribution in [2.75, 3.05) is 12.4 Å². The number of rotatable bonds is 4. The fourth-order valence-corrected chi connectivity index (χ4v) is 3.35. The molecule has 0 radical (unpaired) electrons. The van der Waals surface area contributed by atoms with Crippen LogP contribution in [0.1, 0.15) is 16.7 Å². The van der Waals surface area contributed by atoms with E-state index in [2.05, 4.69) is 16.4 Å². The van der Waals surface area contributed by atoms with Gasteiger partial charge in [0.25, 0.3) is 0 Å². The van der Waals surface area contributed by atoms with Crippen LogP contribution in [0.3, 0.4) is 0 Å². The smallest absolute Gasteiger partial charge is 0.250 e. The largest absolute Gasteiger partial charge is 0.496 e. The number of benzene rings is 2. The summed E-state index contributed by atoms with van der Waals surface area (Å²) in [4.78, 5) is 16.6. The van der Waals surface area contributed by atoms with Gasteiger partial charge in [-0.05, 0) is 49.8 Å². The molecule has 5 heteroatoms. The molecule has 0 saturated heterocycles. The van der Waals surface area contributed by atoms with Crippen LogP contribution in [-0.2, 0) is 4.79 Å². The van der Waals surface area contributed by atoms with Gasteiger partial charge in [0.1, 0.15) is 5.75 Å². The summed E-state index contributed by atoms with van der Waals surface area (Å²) in [6, 6.07) is 11.9. The first-order chi connectivity index (χ1) is 11.5. The normalized spacial score (nSPS) is 11.1. The summed E-state index contributed by atoms with van der Waals surface area (Å²) in [5.41, 5.74) is 4.05. The third-order valence-corrected chi connectivity index (χ3v) is 4.51. The predicted octanol–water partition coefficient (Wildman–Crippen LogP) is 4.57. The van der Waals surface area contributed by atoms with Crippen molar-refractivity contribution in [1.82, 2.24) is 4.98 Å². The number of fused-ring (bicyclic) bond motifs is 1. The number of ether oxygens (including phenoxy) is 1. The molecule has 0 fully saturated rings. The van der Waals surface area contributed by atoms with E-state index in [1.165, 1.54) is 23.0 Å². The van der Waals surface area contributed by atoms with E-state index < -0.39 is 0 Å². The topological polar surface area (TPSA) is 51.2 Å². The number of aromatic nitrogens is 1. The highest BCUT2D eigenvalue weighted by Crippen LogP contribution is 2.27. The molecule has 0 atom stereocenters. The molecule has 0 aliphatic carbocycles. The van der Waals surface area contributed by atoms with Crippen LogP contribution in [-0.4, -0.2) is 18.0 Å². The first-order valence-electron chi connectivity index (χ1n) is 7.56. The molecule has 2 aromatic carbocycles. The first-order valence-corrected chi connectivity index (χ1v) is 8.38. The van der Waals surface area contributed by atoms with Crippen LogP contribution < -0.4 is 10.1 Å². The Bertz CT molecular complexity index is 928. The number of nitrogens with zero attached hydrogens (tertiary/aromatic N) is 1. The molecular formula is C19H18N2O2S. The summed E-state index contributed by atoms with van der Waals surface area (Å²) in [5.74, 6) is 0.523. The standard InChI is InChI=1S/C19H18N2O2S/c1-12-5-8-16(23-3)14(10-12)6-9-18(22)21-19-20-15-7-4-13(2)11-17(15)24-19/h4-11H,1-3H3,(H,20,21,22)/b9-6+. The summed E-state index contributed by atoms with van der Waals surface area (Å²) < 4.78 is 6.37. The summed E-state index contributed by atoms with van der Waals surface area (Å²) in [7, 11) is 1.62. The molecule has 4 nitrogen and oxygen atoms in total. The molecule has 0 saturated carbocycles. The Kier molecular flexibility index (Phi) is 4.62. The number of methoxy groups -OCH3 is 1. The summed E-state index contributed by atoms with van der Waals surface area (Å²) in [5, 5.41) is 3.41. The zero-order valence-corrected chi connectivity index (χ0v) is 14.6. The lowest BCUT2D eigenvalue weighted by Gasteiger charge is -2.05. The van der Waals surface area contributed by atoms with Crippen molar-refractivity contribution in [2.24, 2.45) is 0 Å². The molecule has 1 aromatic heterocycles. The minimum atomic E-state index is -0.214. The SMILES string of the molecule is COc1ccc(C)cc1/C=C/C(=O)Nc1nc2ccc(C)cc2s1. The number of anilines is 1. The number of nitrogens with one attached hydrogen (secondary N) is 1. The van der Waals surface area contributed by atoms with Gasteiger partial charge in [-0.2, -0.15) is 0 Å². The highest BCUT2D eigenvalue weighted by molar-refractivity contribution is 7.22. The Morgan fingerprint density at radius 1 is 1.17 bits per heavy atom. The Morgan fingerprint density at radius 2 is 1.92 bits per heavy atom. The van der Waals surface area contributed by atoms with E-state index in [0.717, 1.165) is 27.1 Å². The van der Waals surface area contributed by atoms with Crippen LogP contribution in [0, 0.1) is 13.8 Å². The number of hydrogen-bond donors (Lipinski definition) is 1. The molecule has 0 aliphatic heterocycles. The number of hydrogen-bond acceptors (Lipinski definition) is 4. The van der Waals surface area contributed by atoms with Crippen molar-refractivity contribution in [3.05, 3.63) is 59.2 Å². The van der Waals surface area contributed by atoms with E-state index in [0.29, 0.717) is 5.13 Å². The monoisotopic (exact) mass is 338 g/mol. The molecule has 122 valence electrons. The quantitative estimate of drug-likeness (QED) is 0.709. The molecule has 0 aliphatic rings. The van der Waals surface area contributed by atoms with E-state index >= 15 is 0 Å². The summed E-state index contributed by atoms with van der Waals surface area (Å²) in [6.07, 6.45) is 3.24. The number of carbonyl (C=O) groups is 1. The van der Waals surface area contributed by atoms with Gasteiger partial charge in [-0.15, -0.1) is 0 Å². The molecule has 3 aromatic rings. The zero-order valence-electron chi connectivity index (χ0n) is 13.8. The van der Waals surface area contributed by atoms with Gasteiger partial charge in [0.2, 0.25) is 5.91 Å². The van der Waals surface area contributed by atoms with Gasteiger partial charge >= 0.3 is 0 Å². The fourth-order valence-electron chi connectivity index (χ4n) is 2.38. The van der Waals surface area contributed by atoms with E-state index in [4.69, 9.17) is 4.74 Å². The maximum atomic E-state index is 12.1. The van der Waals surface area contributed by atoms with Gasteiger partial charge in [0, 0.05) is 11.6 Å². The van der Waals surface area contributed by atoms with Crippen molar-refractivity contribution < 1.29 is 9.53 Å². The van der Waals surface area contributed by atoms with Gasteiger partial charge in [-0.3, -0.25) is 10.1 Å². The van der Waals surface area contributed by atoms with E-state index in [9.17, 15) is 4.79 Å². The molecule has 1 N–H and O–H groups in total.